The van der Waals surface area contributed by atoms with Crippen LogP contribution in [0.3, 0.4) is 0 Å². The zero-order valence-electron chi connectivity index (χ0n) is 14.5. The normalized spacial score (nSPS) is 14.6. The van der Waals surface area contributed by atoms with E-state index in [1.807, 2.05) is 37.3 Å². The number of hydrogen-bond donors (Lipinski definition) is 0. The van der Waals surface area contributed by atoms with Crippen LogP contribution in [0.1, 0.15) is 18.1 Å². The van der Waals surface area contributed by atoms with E-state index in [0.717, 1.165) is 5.56 Å². The van der Waals surface area contributed by atoms with Gasteiger partial charge >= 0.3 is 0 Å². The second-order valence-electron chi connectivity index (χ2n) is 5.78. The summed E-state index contributed by atoms with van der Waals surface area (Å²) in [6.07, 6.45) is 1.70. The molecule has 3 rings (SSSR count). The van der Waals surface area contributed by atoms with Crippen molar-refractivity contribution in [2.75, 3.05) is 13.7 Å². The summed E-state index contributed by atoms with van der Waals surface area (Å²) < 4.78 is 34.6. The average molecular weight is 374 g/mol. The molecule has 1 aliphatic heterocycles. The number of methoxy groups -OCH3 is 1. The zero-order valence-corrected chi connectivity index (χ0v) is 15.3. The molecule has 0 aliphatic carbocycles. The van der Waals surface area contributed by atoms with Gasteiger partial charge in [0.05, 0.1) is 29.1 Å². The summed E-state index contributed by atoms with van der Waals surface area (Å²) in [6, 6.07) is 11.7. The highest BCUT2D eigenvalue weighted by Crippen LogP contribution is 2.42. The zero-order chi connectivity index (χ0) is 18.8. The number of nitrogens with zero attached hydrogens (tertiary/aromatic N) is 1. The predicted octanol–water partition coefficient (Wildman–Crippen LogP) is 5.81. The van der Waals surface area contributed by atoms with E-state index in [0.29, 0.717) is 28.5 Å². The molecular formula is C21H18ClF2NO. The van der Waals surface area contributed by atoms with E-state index in [4.69, 9.17) is 16.3 Å². The molecule has 0 aromatic heterocycles. The highest BCUT2D eigenvalue weighted by Gasteiger charge is 2.29. The van der Waals surface area contributed by atoms with Crippen LogP contribution in [0.5, 0.6) is 5.75 Å². The average Bonchev–Trinajstić information content (AvgIpc) is 2.64. The molecule has 2 aromatic carbocycles. The van der Waals surface area contributed by atoms with Crippen molar-refractivity contribution in [3.8, 4) is 5.75 Å². The van der Waals surface area contributed by atoms with Gasteiger partial charge in [0.2, 0.25) is 0 Å². The van der Waals surface area contributed by atoms with E-state index in [-0.39, 0.29) is 11.3 Å². The number of allylic oxidation sites excluding steroid dienone is 3. The lowest BCUT2D eigenvalue weighted by Crippen LogP contribution is -2.25. The fourth-order valence-corrected chi connectivity index (χ4v) is 3.25. The number of rotatable bonds is 4. The Kier molecular flexibility index (Phi) is 5.14. The van der Waals surface area contributed by atoms with Gasteiger partial charge < -0.3 is 9.64 Å². The third-order valence-electron chi connectivity index (χ3n) is 4.29. The molecule has 0 bridgehead atoms. The first-order valence-electron chi connectivity index (χ1n) is 8.15. The molecule has 0 atom stereocenters. The first-order valence-corrected chi connectivity index (χ1v) is 8.52. The minimum absolute atomic E-state index is 0.122. The molecule has 0 amide bonds. The molecule has 0 fully saturated rings. The van der Waals surface area contributed by atoms with Gasteiger partial charge in [0.25, 0.3) is 0 Å². The van der Waals surface area contributed by atoms with Gasteiger partial charge in [0.1, 0.15) is 17.4 Å². The van der Waals surface area contributed by atoms with Crippen molar-refractivity contribution in [3.63, 3.8) is 0 Å². The van der Waals surface area contributed by atoms with Crippen molar-refractivity contribution in [1.29, 1.82) is 0 Å². The fraction of sp³-hybridized carbons (Fsp3) is 0.143. The molecular weight excluding hydrogens is 356 g/mol. The Morgan fingerprint density at radius 1 is 1.12 bits per heavy atom. The first kappa shape index (κ1) is 18.2. The Bertz CT molecular complexity index is 896. The van der Waals surface area contributed by atoms with E-state index < -0.39 is 11.6 Å². The Morgan fingerprint density at radius 2 is 1.73 bits per heavy atom. The van der Waals surface area contributed by atoms with Crippen LogP contribution in [0, 0.1) is 11.6 Å². The second kappa shape index (κ2) is 7.34. The van der Waals surface area contributed by atoms with Crippen LogP contribution in [0.25, 0.3) is 11.3 Å². The Labute approximate surface area is 156 Å². The lowest BCUT2D eigenvalue weighted by Gasteiger charge is -2.34. The third-order valence-corrected chi connectivity index (χ3v) is 4.61. The second-order valence-corrected chi connectivity index (χ2v) is 6.18. The quantitative estimate of drug-likeness (QED) is 0.670. The molecule has 0 radical (unpaired) electrons. The molecule has 2 aromatic rings. The third kappa shape index (κ3) is 3.13. The maximum Gasteiger partial charge on any atom is 0.139 e. The molecule has 1 heterocycles. The van der Waals surface area contributed by atoms with Crippen LogP contribution in [-0.2, 0) is 0 Å². The van der Waals surface area contributed by atoms with Gasteiger partial charge in [-0.15, -0.1) is 0 Å². The van der Waals surface area contributed by atoms with Crippen molar-refractivity contribution >= 4 is 22.9 Å². The molecule has 0 N–H and O–H groups in total. The summed E-state index contributed by atoms with van der Waals surface area (Å²) in [6.45, 7) is 6.30. The van der Waals surface area contributed by atoms with Gasteiger partial charge in [-0.3, -0.25) is 0 Å². The largest absolute Gasteiger partial charge is 0.497 e. The standard InChI is InChI=1S/C21H18ClF2NO/c1-4-25-13(2)17(22)12-16(14-8-6-5-7-9-14)21(25)20-18(23)10-15(26-3)11-19(20)24/h5-12H,2,4H2,1,3H3. The van der Waals surface area contributed by atoms with Gasteiger partial charge in [0, 0.05) is 24.3 Å². The maximum absolute atomic E-state index is 14.8. The van der Waals surface area contributed by atoms with Crippen molar-refractivity contribution in [2.24, 2.45) is 0 Å². The van der Waals surface area contributed by atoms with Crippen LogP contribution < -0.4 is 4.74 Å². The maximum atomic E-state index is 14.8. The number of hydrogen-bond acceptors (Lipinski definition) is 2. The van der Waals surface area contributed by atoms with Crippen molar-refractivity contribution in [1.82, 2.24) is 4.90 Å². The van der Waals surface area contributed by atoms with E-state index >= 15 is 0 Å². The summed E-state index contributed by atoms with van der Waals surface area (Å²) in [4.78, 5) is 1.72. The SMILES string of the molecule is C=C1C(Cl)=CC(c2ccccc2)=C(c2c(F)cc(OC)cc2F)N1CC. The smallest absolute Gasteiger partial charge is 0.139 e. The highest BCUT2D eigenvalue weighted by atomic mass is 35.5. The number of likely N-dealkylation sites (N-methyl/N-ethyl adjacent to an activating group) is 1. The molecule has 134 valence electrons. The van der Waals surface area contributed by atoms with Gasteiger partial charge in [-0.25, -0.2) is 8.78 Å². The number of ether oxygens (including phenoxy) is 1. The summed E-state index contributed by atoms with van der Waals surface area (Å²) in [5, 5.41) is 0.434. The molecule has 26 heavy (non-hydrogen) atoms. The van der Waals surface area contributed by atoms with Crippen LogP contribution in [0.15, 0.2) is 65.8 Å². The Morgan fingerprint density at radius 3 is 2.27 bits per heavy atom. The minimum atomic E-state index is -0.706. The van der Waals surface area contributed by atoms with Crippen molar-refractivity contribution in [3.05, 3.63) is 88.6 Å². The summed E-state index contributed by atoms with van der Waals surface area (Å²) in [5.41, 5.74) is 2.20. The summed E-state index contributed by atoms with van der Waals surface area (Å²) in [7, 11) is 1.37. The molecule has 0 saturated carbocycles. The molecule has 0 unspecified atom stereocenters. The van der Waals surface area contributed by atoms with Gasteiger partial charge in [-0.1, -0.05) is 48.5 Å². The lowest BCUT2D eigenvalue weighted by molar-refractivity contribution is 0.405. The minimum Gasteiger partial charge on any atom is -0.497 e. The van der Waals surface area contributed by atoms with Crippen molar-refractivity contribution in [2.45, 2.75) is 6.92 Å². The fourth-order valence-electron chi connectivity index (χ4n) is 3.04. The Hall–Kier alpha value is -2.59. The topological polar surface area (TPSA) is 12.5 Å². The van der Waals surface area contributed by atoms with Gasteiger partial charge in [-0.2, -0.15) is 0 Å². The van der Waals surface area contributed by atoms with Crippen LogP contribution >= 0.6 is 11.6 Å². The molecule has 0 spiro atoms. The molecule has 5 heteroatoms. The monoisotopic (exact) mass is 373 g/mol. The molecule has 1 aliphatic rings. The van der Waals surface area contributed by atoms with Crippen LogP contribution in [0.2, 0.25) is 0 Å². The molecule has 2 nitrogen and oxygen atoms in total. The van der Waals surface area contributed by atoms with Crippen molar-refractivity contribution < 1.29 is 13.5 Å². The first-order chi connectivity index (χ1) is 12.5. The van der Waals surface area contributed by atoms with Gasteiger partial charge in [0.15, 0.2) is 0 Å². The van der Waals surface area contributed by atoms with E-state index in [2.05, 4.69) is 6.58 Å². The summed E-state index contributed by atoms with van der Waals surface area (Å²) in [5.74, 6) is -1.29. The molecule has 0 saturated heterocycles. The van der Waals surface area contributed by atoms with Crippen LogP contribution in [0.4, 0.5) is 8.78 Å². The predicted molar refractivity (Wildman–Crippen MR) is 102 cm³/mol. The van der Waals surface area contributed by atoms with Crippen LogP contribution in [-0.4, -0.2) is 18.6 Å². The van der Waals surface area contributed by atoms with E-state index in [1.165, 1.54) is 19.2 Å². The summed E-state index contributed by atoms with van der Waals surface area (Å²) >= 11 is 6.34. The lowest BCUT2D eigenvalue weighted by atomic mass is 9.94. The van der Waals surface area contributed by atoms with Gasteiger partial charge in [-0.05, 0) is 18.6 Å². The Balaban J connectivity index is 2.36. The number of benzene rings is 2. The number of halogens is 3. The van der Waals surface area contributed by atoms with E-state index in [1.54, 1.807) is 11.0 Å². The highest BCUT2D eigenvalue weighted by molar-refractivity contribution is 6.33. The van der Waals surface area contributed by atoms with E-state index in [9.17, 15) is 8.78 Å².